The Bertz CT molecular complexity index is 1150. The molecule has 5 rings (SSSR count). The second kappa shape index (κ2) is 8.38. The molecule has 0 amide bonds. The Labute approximate surface area is 185 Å². The van der Waals surface area contributed by atoms with Crippen LogP contribution in [-0.2, 0) is 9.47 Å². The summed E-state index contributed by atoms with van der Waals surface area (Å²) in [6.07, 6.45) is 1.06. The first-order valence-electron chi connectivity index (χ1n) is 10.3. The number of carbonyl (C=O) groups is 2. The van der Waals surface area contributed by atoms with E-state index in [0.717, 1.165) is 0 Å². The lowest BCUT2D eigenvalue weighted by atomic mass is 9.79. The summed E-state index contributed by atoms with van der Waals surface area (Å²) in [6, 6.07) is 28.3. The summed E-state index contributed by atoms with van der Waals surface area (Å²) < 4.78 is 17.9. The highest BCUT2D eigenvalue weighted by Gasteiger charge is 2.61. The van der Waals surface area contributed by atoms with Crippen LogP contribution in [0, 0.1) is 0 Å². The molecule has 5 nitrogen and oxygen atoms in total. The van der Waals surface area contributed by atoms with E-state index in [1.165, 1.54) is 12.5 Å². The maximum absolute atomic E-state index is 14.0. The van der Waals surface area contributed by atoms with Crippen molar-refractivity contribution in [3.05, 3.63) is 132 Å². The van der Waals surface area contributed by atoms with Gasteiger partial charge in [-0.2, -0.15) is 0 Å². The molecule has 0 saturated carbocycles. The van der Waals surface area contributed by atoms with Crippen molar-refractivity contribution >= 4 is 11.6 Å². The SMILES string of the molecule is O=C(c1ccccc1)C1(C(=O)c2ccccc2)OC(c2ccccc2)OC1c1ccoc1. The van der Waals surface area contributed by atoms with E-state index in [1.54, 1.807) is 54.6 Å². The van der Waals surface area contributed by atoms with Crippen molar-refractivity contribution in [2.24, 2.45) is 0 Å². The zero-order valence-electron chi connectivity index (χ0n) is 17.1. The normalized spacial score (nSPS) is 19.5. The minimum Gasteiger partial charge on any atom is -0.472 e. The molecule has 32 heavy (non-hydrogen) atoms. The molecule has 3 aromatic carbocycles. The van der Waals surface area contributed by atoms with E-state index >= 15 is 0 Å². The van der Waals surface area contributed by atoms with Crippen molar-refractivity contribution in [1.82, 2.24) is 0 Å². The summed E-state index contributed by atoms with van der Waals surface area (Å²) in [5, 5.41) is 0. The number of ketones is 2. The maximum Gasteiger partial charge on any atom is 0.227 e. The molecule has 1 aliphatic rings. The topological polar surface area (TPSA) is 65.7 Å². The Morgan fingerprint density at radius 3 is 1.69 bits per heavy atom. The lowest BCUT2D eigenvalue weighted by Gasteiger charge is -2.29. The van der Waals surface area contributed by atoms with E-state index in [1.807, 2.05) is 42.5 Å². The van der Waals surface area contributed by atoms with Crippen LogP contribution in [0.4, 0.5) is 0 Å². The van der Waals surface area contributed by atoms with Crippen LogP contribution in [0.15, 0.2) is 114 Å². The van der Waals surface area contributed by atoms with Crippen LogP contribution in [-0.4, -0.2) is 17.2 Å². The van der Waals surface area contributed by atoms with Crippen LogP contribution in [0.1, 0.15) is 44.2 Å². The van der Waals surface area contributed by atoms with E-state index in [2.05, 4.69) is 0 Å². The molecule has 1 saturated heterocycles. The first-order chi connectivity index (χ1) is 15.7. The Morgan fingerprint density at radius 1 is 0.656 bits per heavy atom. The molecular weight excluding hydrogens is 404 g/mol. The first-order valence-corrected chi connectivity index (χ1v) is 10.3. The third kappa shape index (κ3) is 3.38. The van der Waals surface area contributed by atoms with Gasteiger partial charge in [0.2, 0.25) is 17.2 Å². The number of ether oxygens (including phenoxy) is 2. The van der Waals surface area contributed by atoms with E-state index in [0.29, 0.717) is 22.3 Å². The Kier molecular flexibility index (Phi) is 5.27. The molecule has 2 unspecified atom stereocenters. The highest BCUT2D eigenvalue weighted by Crippen LogP contribution is 2.50. The molecule has 5 heteroatoms. The van der Waals surface area contributed by atoms with Crippen molar-refractivity contribution < 1.29 is 23.5 Å². The van der Waals surface area contributed by atoms with Crippen molar-refractivity contribution in [2.75, 3.05) is 0 Å². The third-order valence-electron chi connectivity index (χ3n) is 5.59. The first kappa shape index (κ1) is 20.1. The highest BCUT2D eigenvalue weighted by atomic mass is 16.7. The van der Waals surface area contributed by atoms with Gasteiger partial charge in [-0.05, 0) is 6.07 Å². The molecule has 0 bridgehead atoms. The molecular formula is C27H20O5. The summed E-state index contributed by atoms with van der Waals surface area (Å²) in [5.41, 5.74) is 0.0688. The second-order valence-electron chi connectivity index (χ2n) is 7.56. The summed E-state index contributed by atoms with van der Waals surface area (Å²) in [7, 11) is 0. The molecule has 1 aromatic heterocycles. The van der Waals surface area contributed by atoms with E-state index in [-0.39, 0.29) is 0 Å². The fraction of sp³-hybridized carbons (Fsp3) is 0.111. The van der Waals surface area contributed by atoms with E-state index in [9.17, 15) is 9.59 Å². The van der Waals surface area contributed by atoms with Crippen molar-refractivity contribution in [2.45, 2.75) is 18.0 Å². The molecule has 1 fully saturated rings. The van der Waals surface area contributed by atoms with Gasteiger partial charge >= 0.3 is 0 Å². The number of hydrogen-bond acceptors (Lipinski definition) is 5. The quantitative estimate of drug-likeness (QED) is 0.299. The van der Waals surface area contributed by atoms with Crippen LogP contribution in [0.3, 0.4) is 0 Å². The summed E-state index contributed by atoms with van der Waals surface area (Å²) in [4.78, 5) is 28.0. The van der Waals surface area contributed by atoms with Gasteiger partial charge in [0, 0.05) is 22.3 Å². The number of rotatable bonds is 6. The fourth-order valence-corrected chi connectivity index (χ4v) is 4.03. The molecule has 0 N–H and O–H groups in total. The molecule has 4 aromatic rings. The predicted molar refractivity (Wildman–Crippen MR) is 117 cm³/mol. The summed E-state index contributed by atoms with van der Waals surface area (Å²) in [6.45, 7) is 0. The molecule has 158 valence electrons. The molecule has 0 radical (unpaired) electrons. The largest absolute Gasteiger partial charge is 0.472 e. The Balaban J connectivity index is 1.70. The van der Waals surface area contributed by atoms with Crippen LogP contribution in [0.2, 0.25) is 0 Å². The third-order valence-corrected chi connectivity index (χ3v) is 5.59. The van der Waals surface area contributed by atoms with E-state index < -0.39 is 29.6 Å². The zero-order valence-corrected chi connectivity index (χ0v) is 17.1. The summed E-state index contributed by atoms with van der Waals surface area (Å²) in [5.74, 6) is -0.923. The van der Waals surface area contributed by atoms with Gasteiger partial charge in [0.25, 0.3) is 0 Å². The fourth-order valence-electron chi connectivity index (χ4n) is 4.03. The van der Waals surface area contributed by atoms with Gasteiger partial charge in [-0.1, -0.05) is 91.0 Å². The van der Waals surface area contributed by atoms with Gasteiger partial charge in [0.15, 0.2) is 6.29 Å². The van der Waals surface area contributed by atoms with Crippen LogP contribution in [0.25, 0.3) is 0 Å². The maximum atomic E-state index is 14.0. The lowest BCUT2D eigenvalue weighted by molar-refractivity contribution is -0.0768. The molecule has 0 spiro atoms. The monoisotopic (exact) mass is 424 g/mol. The Morgan fingerprint density at radius 2 is 1.19 bits per heavy atom. The van der Waals surface area contributed by atoms with Gasteiger partial charge in [-0.25, -0.2) is 0 Å². The molecule has 0 aliphatic carbocycles. The van der Waals surface area contributed by atoms with Crippen molar-refractivity contribution in [3.63, 3.8) is 0 Å². The minimum atomic E-state index is -1.92. The second-order valence-corrected chi connectivity index (χ2v) is 7.56. The Hall–Kier alpha value is -3.80. The van der Waals surface area contributed by atoms with Gasteiger partial charge in [-0.15, -0.1) is 0 Å². The highest BCUT2D eigenvalue weighted by molar-refractivity contribution is 6.23. The average Bonchev–Trinajstić information content (AvgIpc) is 3.53. The molecule has 2 heterocycles. The number of benzene rings is 3. The van der Waals surface area contributed by atoms with Crippen LogP contribution >= 0.6 is 0 Å². The lowest BCUT2D eigenvalue weighted by Crippen LogP contribution is -2.50. The summed E-state index contributed by atoms with van der Waals surface area (Å²) >= 11 is 0. The number of carbonyl (C=O) groups excluding carboxylic acids is 2. The molecule has 1 aliphatic heterocycles. The predicted octanol–water partition coefficient (Wildman–Crippen LogP) is 5.57. The molecule has 2 atom stereocenters. The van der Waals surface area contributed by atoms with Crippen molar-refractivity contribution in [1.29, 1.82) is 0 Å². The minimum absolute atomic E-state index is 0.364. The van der Waals surface area contributed by atoms with Gasteiger partial charge < -0.3 is 13.9 Å². The van der Waals surface area contributed by atoms with Crippen LogP contribution in [0.5, 0.6) is 0 Å². The number of hydrogen-bond donors (Lipinski definition) is 0. The smallest absolute Gasteiger partial charge is 0.227 e. The standard InChI is InChI=1S/C27H20O5/c28-23(19-10-4-1-5-11-19)27(24(29)20-12-6-2-7-13-20)25(22-16-17-30-18-22)31-26(32-27)21-14-8-3-9-15-21/h1-18,25-26H. The van der Waals surface area contributed by atoms with Gasteiger partial charge in [-0.3, -0.25) is 9.59 Å². The van der Waals surface area contributed by atoms with Crippen molar-refractivity contribution in [3.8, 4) is 0 Å². The van der Waals surface area contributed by atoms with Gasteiger partial charge in [0.05, 0.1) is 12.5 Å². The zero-order chi connectivity index (χ0) is 22.0. The van der Waals surface area contributed by atoms with Gasteiger partial charge in [0.1, 0.15) is 6.10 Å². The van der Waals surface area contributed by atoms with E-state index in [4.69, 9.17) is 13.9 Å². The number of Topliss-reactive ketones (excluding diaryl/α,β-unsaturated/α-hetero) is 2. The number of furan rings is 1. The van der Waals surface area contributed by atoms with Crippen LogP contribution < -0.4 is 0 Å². The average molecular weight is 424 g/mol.